The number of aromatic hydroxyl groups is 1. The summed E-state index contributed by atoms with van der Waals surface area (Å²) >= 11 is 0. The Kier molecular flexibility index (Phi) is 5.29. The monoisotopic (exact) mass is 297 g/mol. The SMILES string of the molecule is CC(C)(C)CC(CC(=O)O)NC(=O)c1ccc(O)cc1F. The zero-order chi connectivity index (χ0) is 16.2. The van der Waals surface area contributed by atoms with Gasteiger partial charge in [0.05, 0.1) is 12.0 Å². The number of hydrogen-bond acceptors (Lipinski definition) is 3. The van der Waals surface area contributed by atoms with Gasteiger partial charge in [-0.1, -0.05) is 20.8 Å². The van der Waals surface area contributed by atoms with Crippen molar-refractivity contribution in [3.05, 3.63) is 29.6 Å². The molecule has 1 aromatic rings. The minimum Gasteiger partial charge on any atom is -0.508 e. The second-order valence-corrected chi connectivity index (χ2v) is 6.20. The van der Waals surface area contributed by atoms with Crippen molar-refractivity contribution in [2.24, 2.45) is 5.41 Å². The highest BCUT2D eigenvalue weighted by Crippen LogP contribution is 2.23. The minimum atomic E-state index is -1.03. The third-order valence-corrected chi connectivity index (χ3v) is 2.81. The quantitative estimate of drug-likeness (QED) is 0.779. The molecular formula is C15H20FNO4. The fourth-order valence-electron chi connectivity index (χ4n) is 2.08. The topological polar surface area (TPSA) is 86.6 Å². The van der Waals surface area contributed by atoms with Crippen molar-refractivity contribution in [3.8, 4) is 5.75 Å². The molecule has 116 valence electrons. The Morgan fingerprint density at radius 1 is 1.33 bits per heavy atom. The molecule has 5 nitrogen and oxygen atoms in total. The van der Waals surface area contributed by atoms with Crippen LogP contribution < -0.4 is 5.32 Å². The van der Waals surface area contributed by atoms with E-state index >= 15 is 0 Å². The molecule has 0 heterocycles. The van der Waals surface area contributed by atoms with Gasteiger partial charge < -0.3 is 15.5 Å². The lowest BCUT2D eigenvalue weighted by atomic mass is 9.87. The Labute approximate surface area is 122 Å². The van der Waals surface area contributed by atoms with E-state index in [2.05, 4.69) is 5.32 Å². The Morgan fingerprint density at radius 3 is 2.43 bits per heavy atom. The van der Waals surface area contributed by atoms with E-state index in [9.17, 15) is 14.0 Å². The predicted octanol–water partition coefficient (Wildman–Crippen LogP) is 2.54. The third kappa shape index (κ3) is 5.81. The van der Waals surface area contributed by atoms with Gasteiger partial charge in [0.25, 0.3) is 5.91 Å². The number of phenolic OH excluding ortho intramolecular Hbond substituents is 1. The van der Waals surface area contributed by atoms with E-state index in [0.717, 1.165) is 12.1 Å². The zero-order valence-corrected chi connectivity index (χ0v) is 12.3. The number of aliphatic carboxylic acids is 1. The largest absolute Gasteiger partial charge is 0.508 e. The molecule has 0 saturated heterocycles. The summed E-state index contributed by atoms with van der Waals surface area (Å²) in [6.07, 6.45) is 0.216. The molecule has 1 atom stereocenters. The van der Waals surface area contributed by atoms with E-state index in [1.165, 1.54) is 6.07 Å². The number of hydrogen-bond donors (Lipinski definition) is 3. The maximum atomic E-state index is 13.6. The van der Waals surface area contributed by atoms with E-state index in [1.807, 2.05) is 20.8 Å². The molecular weight excluding hydrogens is 277 g/mol. The molecule has 0 spiro atoms. The van der Waals surface area contributed by atoms with Crippen LogP contribution in [0.2, 0.25) is 0 Å². The summed E-state index contributed by atoms with van der Waals surface area (Å²) in [5, 5.41) is 20.6. The molecule has 0 saturated carbocycles. The lowest BCUT2D eigenvalue weighted by Crippen LogP contribution is -2.39. The fourth-order valence-corrected chi connectivity index (χ4v) is 2.08. The number of carboxylic acid groups (broad SMARTS) is 1. The van der Waals surface area contributed by atoms with Crippen molar-refractivity contribution in [3.63, 3.8) is 0 Å². The number of carbonyl (C=O) groups is 2. The predicted molar refractivity (Wildman–Crippen MR) is 75.6 cm³/mol. The first-order valence-corrected chi connectivity index (χ1v) is 6.59. The first-order valence-electron chi connectivity index (χ1n) is 6.59. The molecule has 0 fully saturated rings. The molecule has 1 amide bonds. The van der Waals surface area contributed by atoms with Crippen LogP contribution in [-0.2, 0) is 4.79 Å². The molecule has 3 N–H and O–H groups in total. The number of rotatable bonds is 5. The number of halogens is 1. The molecule has 1 unspecified atom stereocenters. The van der Waals surface area contributed by atoms with Gasteiger partial charge in [-0.05, 0) is 24.0 Å². The zero-order valence-electron chi connectivity index (χ0n) is 12.3. The van der Waals surface area contributed by atoms with Crippen LogP contribution in [0.15, 0.2) is 18.2 Å². The Balaban J connectivity index is 2.86. The average Bonchev–Trinajstić information content (AvgIpc) is 2.24. The van der Waals surface area contributed by atoms with Gasteiger partial charge in [-0.2, -0.15) is 0 Å². The summed E-state index contributed by atoms with van der Waals surface area (Å²) < 4.78 is 13.6. The third-order valence-electron chi connectivity index (χ3n) is 2.81. The van der Waals surface area contributed by atoms with Crippen LogP contribution in [0.3, 0.4) is 0 Å². The van der Waals surface area contributed by atoms with E-state index < -0.39 is 23.7 Å². The van der Waals surface area contributed by atoms with Crippen molar-refractivity contribution in [1.82, 2.24) is 5.32 Å². The molecule has 0 bridgehead atoms. The van der Waals surface area contributed by atoms with Crippen LogP contribution in [0, 0.1) is 11.2 Å². The van der Waals surface area contributed by atoms with Gasteiger partial charge in [-0.25, -0.2) is 4.39 Å². The summed E-state index contributed by atoms with van der Waals surface area (Å²) in [4.78, 5) is 22.9. The standard InChI is InChI=1S/C15H20FNO4/c1-15(2,3)8-9(6-13(19)20)17-14(21)11-5-4-10(18)7-12(11)16/h4-5,7,9,18H,6,8H2,1-3H3,(H,17,21)(H,19,20). The number of phenols is 1. The van der Waals surface area contributed by atoms with Crippen molar-refractivity contribution in [2.45, 2.75) is 39.7 Å². The smallest absolute Gasteiger partial charge is 0.305 e. The molecule has 1 rings (SSSR count). The summed E-state index contributed by atoms with van der Waals surface area (Å²) in [5.41, 5.74) is -0.405. The molecule has 0 radical (unpaired) electrons. The van der Waals surface area contributed by atoms with Crippen LogP contribution in [0.5, 0.6) is 5.75 Å². The van der Waals surface area contributed by atoms with E-state index in [0.29, 0.717) is 6.42 Å². The lowest BCUT2D eigenvalue weighted by Gasteiger charge is -2.25. The van der Waals surface area contributed by atoms with E-state index in [-0.39, 0.29) is 23.1 Å². The summed E-state index contributed by atoms with van der Waals surface area (Å²) in [6, 6.07) is 2.61. The summed E-state index contributed by atoms with van der Waals surface area (Å²) in [5.74, 6) is -2.85. The number of carbonyl (C=O) groups excluding carboxylic acids is 1. The molecule has 0 aliphatic carbocycles. The van der Waals surface area contributed by atoms with E-state index in [4.69, 9.17) is 10.2 Å². The first kappa shape index (κ1) is 16.9. The van der Waals surface area contributed by atoms with Crippen LogP contribution in [0.4, 0.5) is 4.39 Å². The van der Waals surface area contributed by atoms with Crippen molar-refractivity contribution < 1.29 is 24.2 Å². The van der Waals surface area contributed by atoms with Gasteiger partial charge in [0.2, 0.25) is 0 Å². The first-order chi connectivity index (χ1) is 9.58. The van der Waals surface area contributed by atoms with Gasteiger partial charge >= 0.3 is 5.97 Å². The van der Waals surface area contributed by atoms with Gasteiger partial charge in [0.15, 0.2) is 0 Å². The number of benzene rings is 1. The Bertz CT molecular complexity index is 537. The van der Waals surface area contributed by atoms with Crippen molar-refractivity contribution in [1.29, 1.82) is 0 Å². The molecule has 6 heteroatoms. The highest BCUT2D eigenvalue weighted by molar-refractivity contribution is 5.95. The normalized spacial score (nSPS) is 12.8. The van der Waals surface area contributed by atoms with E-state index in [1.54, 1.807) is 0 Å². The molecule has 21 heavy (non-hydrogen) atoms. The second kappa shape index (κ2) is 6.56. The molecule has 0 aliphatic rings. The highest BCUT2D eigenvalue weighted by Gasteiger charge is 2.24. The minimum absolute atomic E-state index is 0.180. The second-order valence-electron chi connectivity index (χ2n) is 6.20. The maximum Gasteiger partial charge on any atom is 0.305 e. The lowest BCUT2D eigenvalue weighted by molar-refractivity contribution is -0.137. The van der Waals surface area contributed by atoms with Gasteiger partial charge in [0.1, 0.15) is 11.6 Å². The van der Waals surface area contributed by atoms with Gasteiger partial charge in [0, 0.05) is 12.1 Å². The molecule has 1 aromatic carbocycles. The molecule has 0 aliphatic heterocycles. The fraction of sp³-hybridized carbons (Fsp3) is 0.467. The average molecular weight is 297 g/mol. The van der Waals surface area contributed by atoms with Crippen molar-refractivity contribution in [2.75, 3.05) is 0 Å². The Hall–Kier alpha value is -2.11. The van der Waals surface area contributed by atoms with Gasteiger partial charge in [-0.15, -0.1) is 0 Å². The highest BCUT2D eigenvalue weighted by atomic mass is 19.1. The van der Waals surface area contributed by atoms with Crippen molar-refractivity contribution >= 4 is 11.9 Å². The summed E-state index contributed by atoms with van der Waals surface area (Å²) in [7, 11) is 0. The Morgan fingerprint density at radius 2 is 1.95 bits per heavy atom. The van der Waals surface area contributed by atoms with Crippen LogP contribution in [-0.4, -0.2) is 28.1 Å². The van der Waals surface area contributed by atoms with Crippen LogP contribution in [0.25, 0.3) is 0 Å². The van der Waals surface area contributed by atoms with Crippen LogP contribution >= 0.6 is 0 Å². The maximum absolute atomic E-state index is 13.6. The molecule has 0 aromatic heterocycles. The van der Waals surface area contributed by atoms with Crippen LogP contribution in [0.1, 0.15) is 44.0 Å². The number of nitrogens with one attached hydrogen (secondary N) is 1. The number of amides is 1. The summed E-state index contributed by atoms with van der Waals surface area (Å²) in [6.45, 7) is 5.78. The number of carboxylic acids is 1. The van der Waals surface area contributed by atoms with Gasteiger partial charge in [-0.3, -0.25) is 9.59 Å².